The van der Waals surface area contributed by atoms with Crippen LogP contribution in [-0.4, -0.2) is 22.0 Å². The quantitative estimate of drug-likeness (QED) is 0.149. The predicted octanol–water partition coefficient (Wildman–Crippen LogP) is 2.25. The zero-order valence-corrected chi connectivity index (χ0v) is 16.2. The number of rotatable bonds is 6. The van der Waals surface area contributed by atoms with Crippen LogP contribution in [0, 0.1) is 5.82 Å². The average molecular weight is 451 g/mol. The van der Waals surface area contributed by atoms with Gasteiger partial charge in [0.2, 0.25) is 0 Å². The van der Waals surface area contributed by atoms with E-state index in [1.165, 1.54) is 17.0 Å². The Labute approximate surface area is 178 Å². The Morgan fingerprint density at radius 3 is 2.50 bits per heavy atom. The van der Waals surface area contributed by atoms with E-state index in [4.69, 9.17) is 16.4 Å². The molecule has 0 radical (unpaired) electrons. The highest BCUT2D eigenvalue weighted by Crippen LogP contribution is 2.31. The lowest BCUT2D eigenvalue weighted by atomic mass is 10.2. The Balaban J connectivity index is 1.81. The molecule has 0 aliphatic rings. The molecule has 32 heavy (non-hydrogen) atoms. The van der Waals surface area contributed by atoms with Crippen molar-refractivity contribution in [2.45, 2.75) is 6.18 Å². The van der Waals surface area contributed by atoms with Gasteiger partial charge in [-0.1, -0.05) is 0 Å². The number of halogens is 4. The number of aromatic nitrogens is 2. The topological polar surface area (TPSA) is 133 Å². The highest BCUT2D eigenvalue weighted by molar-refractivity contribution is 5.82. The van der Waals surface area contributed by atoms with Gasteiger partial charge in [0.25, 0.3) is 5.56 Å². The van der Waals surface area contributed by atoms with E-state index < -0.39 is 23.1 Å². The number of hydrazine groups is 1. The van der Waals surface area contributed by atoms with Crippen molar-refractivity contribution in [2.24, 2.45) is 16.8 Å². The monoisotopic (exact) mass is 451 g/mol. The first-order valence-corrected chi connectivity index (χ1v) is 8.91. The highest BCUT2D eigenvalue weighted by Gasteiger charge is 2.31. The minimum atomic E-state index is -4.69. The summed E-state index contributed by atoms with van der Waals surface area (Å²) in [5.74, 6) is 9.52. The number of benzene rings is 2. The third-order valence-electron chi connectivity index (χ3n) is 4.20. The molecule has 0 aliphatic carbocycles. The van der Waals surface area contributed by atoms with E-state index >= 15 is 0 Å². The number of nitrogens with two attached hydrogens (primary N) is 2. The molecule has 0 aliphatic heterocycles. The smallest absolute Gasteiger partial charge is 0.416 e. The standard InChI is InChI=1S/C19H17F4N7O2/c20-14-9-11(19(21,22)23)1-6-15(14)27-17-18(31)30(8-7-26-17)12-2-4-13(5-3-12)32-10-16(28-24)29-25/h1-9H,10,24-25H2,(H,26,27)(H,28,29). The molecule has 9 nitrogen and oxygen atoms in total. The summed E-state index contributed by atoms with van der Waals surface area (Å²) >= 11 is 0. The predicted molar refractivity (Wildman–Crippen MR) is 109 cm³/mol. The molecule has 0 atom stereocenters. The van der Waals surface area contributed by atoms with Crippen LogP contribution < -0.4 is 32.7 Å². The molecule has 13 heteroatoms. The third-order valence-corrected chi connectivity index (χ3v) is 4.20. The number of ether oxygens (including phenoxy) is 1. The summed E-state index contributed by atoms with van der Waals surface area (Å²) in [4.78, 5) is 16.6. The van der Waals surface area contributed by atoms with Crippen molar-refractivity contribution in [1.82, 2.24) is 15.0 Å². The first-order valence-electron chi connectivity index (χ1n) is 8.91. The second-order valence-corrected chi connectivity index (χ2v) is 6.27. The number of alkyl halides is 3. The van der Waals surface area contributed by atoms with Crippen molar-refractivity contribution < 1.29 is 22.3 Å². The van der Waals surface area contributed by atoms with Crippen molar-refractivity contribution >= 4 is 17.3 Å². The van der Waals surface area contributed by atoms with Gasteiger partial charge in [0.05, 0.1) is 11.3 Å². The van der Waals surface area contributed by atoms with Crippen molar-refractivity contribution in [1.29, 1.82) is 0 Å². The molecule has 168 valence electrons. The number of nitrogens with zero attached hydrogens (tertiary/aromatic N) is 3. The maximum Gasteiger partial charge on any atom is 0.416 e. The molecule has 0 amide bonds. The molecule has 0 spiro atoms. The van der Waals surface area contributed by atoms with Crippen molar-refractivity contribution in [3.63, 3.8) is 0 Å². The van der Waals surface area contributed by atoms with E-state index in [2.05, 4.69) is 20.8 Å². The van der Waals surface area contributed by atoms with Gasteiger partial charge in [0, 0.05) is 18.1 Å². The average Bonchev–Trinajstić information content (AvgIpc) is 2.77. The number of hydrogen-bond donors (Lipinski definition) is 4. The van der Waals surface area contributed by atoms with E-state index in [1.54, 1.807) is 24.3 Å². The molecular weight excluding hydrogens is 434 g/mol. The zero-order chi connectivity index (χ0) is 23.3. The molecule has 0 bridgehead atoms. The summed E-state index contributed by atoms with van der Waals surface area (Å²) in [7, 11) is 0. The van der Waals surface area contributed by atoms with E-state index in [-0.39, 0.29) is 23.9 Å². The van der Waals surface area contributed by atoms with Gasteiger partial charge in [-0.3, -0.25) is 9.36 Å². The fourth-order valence-electron chi connectivity index (χ4n) is 2.59. The third kappa shape index (κ3) is 5.13. The van der Waals surface area contributed by atoms with Crippen molar-refractivity contribution in [2.75, 3.05) is 11.9 Å². The van der Waals surface area contributed by atoms with Crippen LogP contribution in [0.1, 0.15) is 5.56 Å². The minimum Gasteiger partial charge on any atom is -0.486 e. The van der Waals surface area contributed by atoms with Gasteiger partial charge in [-0.2, -0.15) is 18.3 Å². The first-order chi connectivity index (χ1) is 15.2. The van der Waals surface area contributed by atoms with E-state index in [0.717, 1.165) is 6.07 Å². The molecule has 0 saturated carbocycles. The molecular formula is C19H17F4N7O2. The number of anilines is 2. The molecule has 2 aromatic carbocycles. The lowest BCUT2D eigenvalue weighted by molar-refractivity contribution is -0.137. The van der Waals surface area contributed by atoms with Crippen molar-refractivity contribution in [3.05, 3.63) is 76.6 Å². The molecule has 0 unspecified atom stereocenters. The molecule has 3 rings (SSSR count). The van der Waals surface area contributed by atoms with Crippen LogP contribution in [0.15, 0.2) is 64.8 Å². The second kappa shape index (κ2) is 9.34. The summed E-state index contributed by atoms with van der Waals surface area (Å²) < 4.78 is 58.9. The Morgan fingerprint density at radius 2 is 1.91 bits per heavy atom. The summed E-state index contributed by atoms with van der Waals surface area (Å²) in [6, 6.07) is 8.24. The Morgan fingerprint density at radius 1 is 1.19 bits per heavy atom. The van der Waals surface area contributed by atoms with Gasteiger partial charge in [0.15, 0.2) is 11.7 Å². The van der Waals surface area contributed by atoms with Crippen LogP contribution in [0.2, 0.25) is 0 Å². The second-order valence-electron chi connectivity index (χ2n) is 6.27. The van der Waals surface area contributed by atoms with Gasteiger partial charge >= 0.3 is 6.18 Å². The molecule has 0 fully saturated rings. The first kappa shape index (κ1) is 22.6. The van der Waals surface area contributed by atoms with E-state index in [9.17, 15) is 22.4 Å². The lowest BCUT2D eigenvalue weighted by Gasteiger charge is -2.12. The van der Waals surface area contributed by atoms with Gasteiger partial charge in [-0.05, 0) is 42.5 Å². The number of amidine groups is 1. The van der Waals surface area contributed by atoms with Crippen LogP contribution in [-0.2, 0) is 6.18 Å². The number of hydrogen-bond acceptors (Lipinski definition) is 7. The molecule has 6 N–H and O–H groups in total. The molecule has 0 saturated heterocycles. The van der Waals surface area contributed by atoms with Gasteiger partial charge in [0.1, 0.15) is 18.2 Å². The Hall–Kier alpha value is -4.13. The van der Waals surface area contributed by atoms with Gasteiger partial charge < -0.3 is 21.3 Å². The summed E-state index contributed by atoms with van der Waals surface area (Å²) in [6.07, 6.45) is -2.02. The maximum absolute atomic E-state index is 14.1. The van der Waals surface area contributed by atoms with E-state index in [0.29, 0.717) is 23.6 Å². The number of hydrazone groups is 1. The van der Waals surface area contributed by atoms with Crippen LogP contribution in [0.3, 0.4) is 0 Å². The Bertz CT molecular complexity index is 1180. The zero-order valence-electron chi connectivity index (χ0n) is 16.2. The summed E-state index contributed by atoms with van der Waals surface area (Å²) in [5.41, 5.74) is 0.584. The maximum atomic E-state index is 14.1. The number of nitrogens with one attached hydrogen (secondary N) is 2. The molecule has 1 heterocycles. The Kier molecular flexibility index (Phi) is 6.59. The SMILES string of the molecule is N/N=C(/COc1ccc(-n2ccnc(Nc3ccc(C(F)(F)F)cc3F)c2=O)cc1)NN. The minimum absolute atomic E-state index is 0.00564. The molecule has 1 aromatic heterocycles. The van der Waals surface area contributed by atoms with Crippen LogP contribution in [0.5, 0.6) is 5.75 Å². The van der Waals surface area contributed by atoms with E-state index in [1.807, 2.05) is 0 Å². The van der Waals surface area contributed by atoms with Gasteiger partial charge in [-0.15, -0.1) is 0 Å². The fourth-order valence-corrected chi connectivity index (χ4v) is 2.59. The van der Waals surface area contributed by atoms with Gasteiger partial charge in [-0.25, -0.2) is 15.2 Å². The summed E-state index contributed by atoms with van der Waals surface area (Å²) in [5, 5.41) is 5.81. The largest absolute Gasteiger partial charge is 0.486 e. The normalized spacial score (nSPS) is 11.8. The van der Waals surface area contributed by atoms with Crippen LogP contribution in [0.4, 0.5) is 29.1 Å². The van der Waals surface area contributed by atoms with Crippen LogP contribution >= 0.6 is 0 Å². The lowest BCUT2D eigenvalue weighted by Crippen LogP contribution is -2.35. The molecule has 3 aromatic rings. The summed E-state index contributed by atoms with van der Waals surface area (Å²) in [6.45, 7) is -0.00564. The van der Waals surface area contributed by atoms with Crippen LogP contribution in [0.25, 0.3) is 5.69 Å². The van der Waals surface area contributed by atoms with Crippen molar-refractivity contribution in [3.8, 4) is 11.4 Å². The fraction of sp³-hybridized carbons (Fsp3) is 0.105. The highest BCUT2D eigenvalue weighted by atomic mass is 19.4.